The Kier molecular flexibility index (Phi) is 5.51. The lowest BCUT2D eigenvalue weighted by atomic mass is 9.64. The number of para-hydroxylation sites is 1. The largest absolute Gasteiger partial charge is 0.352 e. The van der Waals surface area contributed by atoms with Crippen molar-refractivity contribution >= 4 is 46.5 Å². The molecule has 0 radical (unpaired) electrons. The van der Waals surface area contributed by atoms with Crippen LogP contribution in [-0.2, 0) is 10.2 Å². The van der Waals surface area contributed by atoms with Crippen molar-refractivity contribution in [2.24, 2.45) is 5.92 Å². The minimum absolute atomic E-state index is 0.245. The van der Waals surface area contributed by atoms with Crippen molar-refractivity contribution in [3.8, 4) is 0 Å². The molecule has 6 nitrogen and oxygen atoms in total. The van der Waals surface area contributed by atoms with Gasteiger partial charge < -0.3 is 10.2 Å². The van der Waals surface area contributed by atoms with Crippen LogP contribution < -0.4 is 10.2 Å². The Labute approximate surface area is 236 Å². The highest BCUT2D eigenvalue weighted by Gasteiger charge is 2.70. The molecule has 1 amide bonds. The number of ketones is 2. The van der Waals surface area contributed by atoms with Crippen molar-refractivity contribution < 1.29 is 14.4 Å². The summed E-state index contributed by atoms with van der Waals surface area (Å²) in [6.45, 7) is 2.01. The predicted molar refractivity (Wildman–Crippen MR) is 155 cm³/mol. The zero-order valence-corrected chi connectivity index (χ0v) is 22.3. The maximum atomic E-state index is 14.6. The zero-order chi connectivity index (χ0) is 27.6. The molecule has 0 aliphatic carbocycles. The third kappa shape index (κ3) is 3.36. The highest BCUT2D eigenvalue weighted by molar-refractivity contribution is 6.30. The summed E-state index contributed by atoms with van der Waals surface area (Å²) in [5.41, 5.74) is 3.67. The summed E-state index contributed by atoms with van der Waals surface area (Å²) < 4.78 is 0. The van der Waals surface area contributed by atoms with Crippen LogP contribution in [0, 0.1) is 12.8 Å². The second kappa shape index (κ2) is 9.00. The minimum atomic E-state index is -1.34. The molecule has 7 rings (SSSR count). The first-order chi connectivity index (χ1) is 19.4. The van der Waals surface area contributed by atoms with Crippen LogP contribution in [0.4, 0.5) is 11.4 Å². The number of pyridine rings is 1. The SMILES string of the molecule is Cc1ccc2c(c1)C=C[C@@H]1N2[C@H](C(=O)c2ccc(Cl)cc2)[C@H](C(=O)c2ccncc2)[C@]12C(=O)Nc1ccccc12. The molecule has 3 aliphatic heterocycles. The normalized spacial score (nSPS) is 23.9. The Morgan fingerprint density at radius 1 is 0.925 bits per heavy atom. The van der Waals surface area contributed by atoms with E-state index < -0.39 is 23.4 Å². The maximum Gasteiger partial charge on any atom is 0.238 e. The van der Waals surface area contributed by atoms with Crippen molar-refractivity contribution in [2.45, 2.75) is 24.4 Å². The van der Waals surface area contributed by atoms with Crippen LogP contribution >= 0.6 is 11.6 Å². The Bertz CT molecular complexity index is 1730. The zero-order valence-electron chi connectivity index (χ0n) is 21.5. The molecule has 3 aromatic carbocycles. The third-order valence-corrected chi connectivity index (χ3v) is 8.68. The van der Waals surface area contributed by atoms with Gasteiger partial charge in [-0.2, -0.15) is 0 Å². The predicted octanol–water partition coefficient (Wildman–Crippen LogP) is 5.90. The molecular formula is C33H24ClN3O3. The summed E-state index contributed by atoms with van der Waals surface area (Å²) in [4.78, 5) is 49.6. The topological polar surface area (TPSA) is 79.4 Å². The van der Waals surface area contributed by atoms with E-state index in [4.69, 9.17) is 11.6 Å². The van der Waals surface area contributed by atoms with E-state index in [2.05, 4.69) is 16.4 Å². The summed E-state index contributed by atoms with van der Waals surface area (Å²) in [5.74, 6) is -1.84. The van der Waals surface area contributed by atoms with Gasteiger partial charge in [0.1, 0.15) is 11.5 Å². The fraction of sp³-hybridized carbons (Fsp3) is 0.152. The van der Waals surface area contributed by atoms with Crippen molar-refractivity contribution in [3.05, 3.63) is 130 Å². The van der Waals surface area contributed by atoms with Gasteiger partial charge in [-0.25, -0.2) is 0 Å². The maximum absolute atomic E-state index is 14.6. The van der Waals surface area contributed by atoms with E-state index >= 15 is 0 Å². The first-order valence-electron chi connectivity index (χ1n) is 13.1. The van der Waals surface area contributed by atoms with Gasteiger partial charge in [-0.15, -0.1) is 0 Å². The lowest BCUT2D eigenvalue weighted by Crippen LogP contribution is -2.51. The lowest BCUT2D eigenvalue weighted by molar-refractivity contribution is -0.121. The van der Waals surface area contributed by atoms with Crippen LogP contribution in [0.2, 0.25) is 5.02 Å². The number of benzene rings is 3. The molecule has 0 unspecified atom stereocenters. The number of aromatic nitrogens is 1. The monoisotopic (exact) mass is 545 g/mol. The average Bonchev–Trinajstić information content (AvgIpc) is 3.45. The number of hydrogen-bond acceptors (Lipinski definition) is 5. The number of nitrogens with one attached hydrogen (secondary N) is 1. The van der Waals surface area contributed by atoms with E-state index in [9.17, 15) is 14.4 Å². The van der Waals surface area contributed by atoms with Crippen molar-refractivity contribution in [1.29, 1.82) is 0 Å². The van der Waals surface area contributed by atoms with E-state index in [-0.39, 0.29) is 17.5 Å². The van der Waals surface area contributed by atoms with Gasteiger partial charge in [0, 0.05) is 39.9 Å². The summed E-state index contributed by atoms with van der Waals surface area (Å²) >= 11 is 6.16. The molecule has 3 aliphatic rings. The molecular weight excluding hydrogens is 522 g/mol. The second-order valence-corrected chi connectivity index (χ2v) is 11.0. The number of nitrogens with zero attached hydrogens (tertiary/aromatic N) is 2. The van der Waals surface area contributed by atoms with Gasteiger partial charge in [0.2, 0.25) is 5.91 Å². The fourth-order valence-corrected chi connectivity index (χ4v) is 6.91. The molecule has 1 spiro atoms. The van der Waals surface area contributed by atoms with Gasteiger partial charge >= 0.3 is 0 Å². The Morgan fingerprint density at radius 2 is 1.65 bits per heavy atom. The van der Waals surface area contributed by atoms with E-state index in [1.54, 1.807) is 48.8 Å². The highest BCUT2D eigenvalue weighted by Crippen LogP contribution is 2.58. The van der Waals surface area contributed by atoms with Crippen LogP contribution in [0.1, 0.15) is 37.4 Å². The van der Waals surface area contributed by atoms with Gasteiger partial charge in [0.25, 0.3) is 0 Å². The molecule has 7 heteroatoms. The Balaban J connectivity index is 1.54. The fourth-order valence-electron chi connectivity index (χ4n) is 6.78. The summed E-state index contributed by atoms with van der Waals surface area (Å²) in [7, 11) is 0. The molecule has 0 saturated carbocycles. The minimum Gasteiger partial charge on any atom is -0.352 e. The number of carbonyl (C=O) groups excluding carboxylic acids is 3. The molecule has 4 heterocycles. The summed E-state index contributed by atoms with van der Waals surface area (Å²) in [5, 5.41) is 3.55. The molecule has 4 aromatic rings. The number of carbonyl (C=O) groups is 3. The molecule has 1 fully saturated rings. The van der Waals surface area contributed by atoms with E-state index in [0.717, 1.165) is 16.8 Å². The molecule has 0 bridgehead atoms. The number of halogens is 1. The van der Waals surface area contributed by atoms with Crippen LogP contribution in [0.15, 0.2) is 97.3 Å². The number of fused-ring (bicyclic) bond motifs is 6. The van der Waals surface area contributed by atoms with Crippen LogP contribution in [0.5, 0.6) is 0 Å². The number of rotatable bonds is 4. The first-order valence-corrected chi connectivity index (χ1v) is 13.5. The number of amides is 1. The first kappa shape index (κ1) is 24.5. The number of hydrogen-bond donors (Lipinski definition) is 1. The molecule has 40 heavy (non-hydrogen) atoms. The van der Waals surface area contributed by atoms with Gasteiger partial charge in [-0.05, 0) is 72.6 Å². The summed E-state index contributed by atoms with van der Waals surface area (Å²) in [6, 6.07) is 21.9. The van der Waals surface area contributed by atoms with Gasteiger partial charge in [-0.1, -0.05) is 53.6 Å². The van der Waals surface area contributed by atoms with Crippen LogP contribution in [0.3, 0.4) is 0 Å². The van der Waals surface area contributed by atoms with Crippen LogP contribution in [0.25, 0.3) is 6.08 Å². The Morgan fingerprint density at radius 3 is 2.42 bits per heavy atom. The highest BCUT2D eigenvalue weighted by atomic mass is 35.5. The van der Waals surface area contributed by atoms with Gasteiger partial charge in [0.05, 0.1) is 12.0 Å². The van der Waals surface area contributed by atoms with Crippen molar-refractivity contribution in [2.75, 3.05) is 10.2 Å². The summed E-state index contributed by atoms with van der Waals surface area (Å²) in [6.07, 6.45) is 7.09. The van der Waals surface area contributed by atoms with Crippen molar-refractivity contribution in [3.63, 3.8) is 0 Å². The average molecular weight is 546 g/mol. The molecule has 1 saturated heterocycles. The lowest BCUT2D eigenvalue weighted by Gasteiger charge is -2.37. The molecule has 1 aromatic heterocycles. The van der Waals surface area contributed by atoms with E-state index in [1.165, 1.54) is 0 Å². The number of anilines is 2. The molecule has 1 N–H and O–H groups in total. The smallest absolute Gasteiger partial charge is 0.238 e. The number of Topliss-reactive ketones (excluding diaryl/α,β-unsaturated/α-hetero) is 2. The van der Waals surface area contributed by atoms with Crippen molar-refractivity contribution in [1.82, 2.24) is 4.98 Å². The molecule has 196 valence electrons. The van der Waals surface area contributed by atoms with E-state index in [1.807, 2.05) is 60.4 Å². The van der Waals surface area contributed by atoms with Gasteiger partial charge in [0.15, 0.2) is 11.6 Å². The third-order valence-electron chi connectivity index (χ3n) is 8.43. The molecule has 4 atom stereocenters. The van der Waals surface area contributed by atoms with Gasteiger partial charge in [-0.3, -0.25) is 19.4 Å². The second-order valence-electron chi connectivity index (χ2n) is 10.5. The number of aryl methyl sites for hydroxylation is 1. The quantitative estimate of drug-likeness (QED) is 0.323. The van der Waals surface area contributed by atoms with Crippen LogP contribution in [-0.4, -0.2) is 34.5 Å². The Hall–Kier alpha value is -4.55. The van der Waals surface area contributed by atoms with E-state index in [0.29, 0.717) is 27.4 Å². The standard InChI is InChI=1S/C33H24ClN3O3/c1-19-6-12-26-22(18-19)9-13-27-33(24-4-2-3-5-25(24)36-32(33)40)28(30(38)21-14-16-35-17-15-21)29(37(26)27)31(39)20-7-10-23(34)11-8-20/h2-18,27-29H,1H3,(H,36,40)/t27-,28+,29-,33+/m0/s1.